The average molecular weight is 252 g/mol. The van der Waals surface area contributed by atoms with Crippen LogP contribution in [0.2, 0.25) is 0 Å². The molecule has 1 rings (SSSR count). The first-order valence-corrected chi connectivity index (χ1v) is 6.13. The molecule has 0 aliphatic heterocycles. The van der Waals surface area contributed by atoms with Crippen LogP contribution in [-0.4, -0.2) is 24.6 Å². The molecule has 0 radical (unpaired) electrons. The maximum absolute atomic E-state index is 11.0. The van der Waals surface area contributed by atoms with E-state index in [-0.39, 0.29) is 16.7 Å². The molecule has 1 unspecified atom stereocenters. The molecule has 0 aromatic heterocycles. The van der Waals surface area contributed by atoms with Crippen LogP contribution in [0.25, 0.3) is 0 Å². The lowest BCUT2D eigenvalue weighted by molar-refractivity contribution is -0.385. The predicted octanol–water partition coefficient (Wildman–Crippen LogP) is 2.53. The highest BCUT2D eigenvalue weighted by Crippen LogP contribution is 2.25. The van der Waals surface area contributed by atoms with Gasteiger partial charge in [-0.25, -0.2) is 0 Å². The van der Waals surface area contributed by atoms with Crippen molar-refractivity contribution in [3.05, 3.63) is 33.9 Å². The number of nitro groups is 1. The van der Waals surface area contributed by atoms with E-state index in [0.29, 0.717) is 12.2 Å². The Morgan fingerprint density at radius 3 is 2.78 bits per heavy atom. The van der Waals surface area contributed by atoms with Crippen molar-refractivity contribution >= 4 is 5.69 Å². The first-order valence-electron chi connectivity index (χ1n) is 6.13. The molecule has 0 spiro atoms. The average Bonchev–Trinajstić information content (AvgIpc) is 2.36. The molecule has 5 heteroatoms. The van der Waals surface area contributed by atoms with Gasteiger partial charge in [0.25, 0.3) is 5.69 Å². The third-order valence-corrected chi connectivity index (χ3v) is 2.76. The largest absolute Gasteiger partial charge is 0.497 e. The third-order valence-electron chi connectivity index (χ3n) is 2.76. The summed E-state index contributed by atoms with van der Waals surface area (Å²) < 4.78 is 5.01. The lowest BCUT2D eigenvalue weighted by atomic mass is 10.0. The zero-order valence-electron chi connectivity index (χ0n) is 11.1. The molecule has 0 bridgehead atoms. The van der Waals surface area contributed by atoms with Crippen molar-refractivity contribution in [3.63, 3.8) is 0 Å². The van der Waals surface area contributed by atoms with Gasteiger partial charge in [0.15, 0.2) is 0 Å². The molecule has 5 nitrogen and oxygen atoms in total. The lowest BCUT2D eigenvalue weighted by Gasteiger charge is -2.13. The molecule has 0 fully saturated rings. The normalized spacial score (nSPS) is 12.2. The van der Waals surface area contributed by atoms with Gasteiger partial charge < -0.3 is 10.1 Å². The van der Waals surface area contributed by atoms with E-state index in [9.17, 15) is 10.1 Å². The minimum atomic E-state index is -0.357. The summed E-state index contributed by atoms with van der Waals surface area (Å²) >= 11 is 0. The Morgan fingerprint density at radius 1 is 1.50 bits per heavy atom. The van der Waals surface area contributed by atoms with E-state index in [1.807, 2.05) is 6.92 Å². The number of hydrogen-bond acceptors (Lipinski definition) is 4. The second-order valence-corrected chi connectivity index (χ2v) is 4.31. The molecule has 1 atom stereocenters. The monoisotopic (exact) mass is 252 g/mol. The van der Waals surface area contributed by atoms with Crippen molar-refractivity contribution in [3.8, 4) is 5.75 Å². The van der Waals surface area contributed by atoms with E-state index in [2.05, 4.69) is 12.2 Å². The van der Waals surface area contributed by atoms with Crippen LogP contribution >= 0.6 is 0 Å². The Balaban J connectivity index is 2.84. The molecule has 0 amide bonds. The quantitative estimate of drug-likeness (QED) is 0.598. The second kappa shape index (κ2) is 6.96. The van der Waals surface area contributed by atoms with Crippen LogP contribution in [-0.2, 0) is 6.42 Å². The highest BCUT2D eigenvalue weighted by molar-refractivity contribution is 5.46. The van der Waals surface area contributed by atoms with Crippen LogP contribution in [0, 0.1) is 10.1 Å². The molecule has 0 heterocycles. The summed E-state index contributed by atoms with van der Waals surface area (Å²) in [6.45, 7) is 5.05. The van der Waals surface area contributed by atoms with Gasteiger partial charge >= 0.3 is 0 Å². The van der Waals surface area contributed by atoms with Gasteiger partial charge in [-0.3, -0.25) is 10.1 Å². The summed E-state index contributed by atoms with van der Waals surface area (Å²) in [4.78, 5) is 10.7. The zero-order valence-corrected chi connectivity index (χ0v) is 11.1. The summed E-state index contributed by atoms with van der Waals surface area (Å²) in [7, 11) is 1.50. The molecule has 0 saturated heterocycles. The number of methoxy groups -OCH3 is 1. The summed E-state index contributed by atoms with van der Waals surface area (Å²) in [6, 6.07) is 5.22. The Morgan fingerprint density at radius 2 is 2.22 bits per heavy atom. The molecule has 100 valence electrons. The molecule has 1 aromatic carbocycles. The first kappa shape index (κ1) is 14.4. The smallest absolute Gasteiger partial charge is 0.276 e. The van der Waals surface area contributed by atoms with Gasteiger partial charge in [0.05, 0.1) is 18.1 Å². The molecule has 18 heavy (non-hydrogen) atoms. The lowest BCUT2D eigenvalue weighted by Crippen LogP contribution is -2.28. The number of nitrogens with one attached hydrogen (secondary N) is 1. The van der Waals surface area contributed by atoms with Crippen LogP contribution < -0.4 is 10.1 Å². The van der Waals surface area contributed by atoms with Crippen molar-refractivity contribution < 1.29 is 9.66 Å². The third kappa shape index (κ3) is 4.00. The first-order chi connectivity index (χ1) is 8.58. The van der Waals surface area contributed by atoms with E-state index >= 15 is 0 Å². The van der Waals surface area contributed by atoms with Gasteiger partial charge in [0.2, 0.25) is 0 Å². The van der Waals surface area contributed by atoms with Gasteiger partial charge in [-0.15, -0.1) is 0 Å². The number of ether oxygens (including phenoxy) is 1. The summed E-state index contributed by atoms with van der Waals surface area (Å²) in [5.74, 6) is 0.514. The fourth-order valence-electron chi connectivity index (χ4n) is 1.81. The highest BCUT2D eigenvalue weighted by atomic mass is 16.6. The maximum Gasteiger partial charge on any atom is 0.276 e. The second-order valence-electron chi connectivity index (χ2n) is 4.31. The Hall–Kier alpha value is -1.62. The Kier molecular flexibility index (Phi) is 5.58. The number of hydrogen-bond donors (Lipinski definition) is 1. The SMILES string of the molecule is CCCNC(C)Cc1ccc(OC)cc1[N+](=O)[O-]. The standard InChI is InChI=1S/C13H20N2O3/c1-4-7-14-10(2)8-11-5-6-12(18-3)9-13(11)15(16)17/h5-6,9-10,14H,4,7-8H2,1-3H3. The summed E-state index contributed by atoms with van der Waals surface area (Å²) in [5.41, 5.74) is 0.858. The van der Waals surface area contributed by atoms with Gasteiger partial charge in [0, 0.05) is 11.6 Å². The van der Waals surface area contributed by atoms with E-state index < -0.39 is 0 Å². The van der Waals surface area contributed by atoms with Crippen molar-refractivity contribution in [2.24, 2.45) is 0 Å². The van der Waals surface area contributed by atoms with Gasteiger partial charge in [-0.2, -0.15) is 0 Å². The predicted molar refractivity (Wildman–Crippen MR) is 71.1 cm³/mol. The van der Waals surface area contributed by atoms with Crippen molar-refractivity contribution in [2.75, 3.05) is 13.7 Å². The Bertz CT molecular complexity index is 407. The summed E-state index contributed by atoms with van der Waals surface area (Å²) in [5, 5.41) is 14.3. The van der Waals surface area contributed by atoms with Crippen LogP contribution in [0.15, 0.2) is 18.2 Å². The van der Waals surface area contributed by atoms with Crippen molar-refractivity contribution in [1.82, 2.24) is 5.32 Å². The molecule has 1 aromatic rings. The van der Waals surface area contributed by atoms with E-state index in [1.165, 1.54) is 13.2 Å². The number of benzene rings is 1. The van der Waals surface area contributed by atoms with Crippen molar-refractivity contribution in [2.45, 2.75) is 32.7 Å². The fraction of sp³-hybridized carbons (Fsp3) is 0.538. The fourth-order valence-corrected chi connectivity index (χ4v) is 1.81. The zero-order chi connectivity index (χ0) is 13.5. The number of nitro benzene ring substituents is 1. The van der Waals surface area contributed by atoms with Crippen LogP contribution in [0.1, 0.15) is 25.8 Å². The van der Waals surface area contributed by atoms with E-state index in [0.717, 1.165) is 18.5 Å². The number of rotatable bonds is 7. The Labute approximate surface area is 107 Å². The maximum atomic E-state index is 11.0. The molecular formula is C13H20N2O3. The van der Waals surface area contributed by atoms with Gasteiger partial charge in [-0.05, 0) is 38.4 Å². The van der Waals surface area contributed by atoms with Gasteiger partial charge in [-0.1, -0.05) is 6.92 Å². The van der Waals surface area contributed by atoms with Crippen LogP contribution in [0.4, 0.5) is 5.69 Å². The van der Waals surface area contributed by atoms with E-state index in [1.54, 1.807) is 12.1 Å². The van der Waals surface area contributed by atoms with E-state index in [4.69, 9.17) is 4.74 Å². The molecule has 1 N–H and O–H groups in total. The molecule has 0 aliphatic carbocycles. The van der Waals surface area contributed by atoms with Crippen LogP contribution in [0.5, 0.6) is 5.75 Å². The number of nitrogens with zero attached hydrogens (tertiary/aromatic N) is 1. The van der Waals surface area contributed by atoms with Crippen LogP contribution in [0.3, 0.4) is 0 Å². The van der Waals surface area contributed by atoms with Crippen molar-refractivity contribution in [1.29, 1.82) is 0 Å². The minimum Gasteiger partial charge on any atom is -0.497 e. The summed E-state index contributed by atoms with van der Waals surface area (Å²) in [6.07, 6.45) is 1.69. The highest BCUT2D eigenvalue weighted by Gasteiger charge is 2.16. The minimum absolute atomic E-state index is 0.125. The molecular weight excluding hydrogens is 232 g/mol. The van der Waals surface area contributed by atoms with Gasteiger partial charge in [0.1, 0.15) is 5.75 Å². The molecule has 0 saturated carbocycles. The topological polar surface area (TPSA) is 64.4 Å². The molecule has 0 aliphatic rings.